The lowest BCUT2D eigenvalue weighted by atomic mass is 10.1. The van der Waals surface area contributed by atoms with Gasteiger partial charge in [0.2, 0.25) is 0 Å². The summed E-state index contributed by atoms with van der Waals surface area (Å²) < 4.78 is 43.4. The van der Waals surface area contributed by atoms with E-state index in [0.717, 1.165) is 20.5 Å². The molecule has 0 aliphatic heterocycles. The van der Waals surface area contributed by atoms with E-state index in [4.69, 9.17) is 16.3 Å². The lowest BCUT2D eigenvalue weighted by molar-refractivity contribution is 0.0635. The van der Waals surface area contributed by atoms with Crippen LogP contribution in [0.15, 0.2) is 59.6 Å². The van der Waals surface area contributed by atoms with E-state index >= 15 is 0 Å². The lowest BCUT2D eigenvalue weighted by Gasteiger charge is -2.24. The Hall–Kier alpha value is -2.74. The summed E-state index contributed by atoms with van der Waals surface area (Å²) in [5, 5.41) is 3.86. The van der Waals surface area contributed by atoms with Gasteiger partial charge in [0.25, 0.3) is 0 Å². The van der Waals surface area contributed by atoms with Crippen molar-refractivity contribution in [2.75, 3.05) is 5.32 Å². The summed E-state index contributed by atoms with van der Waals surface area (Å²) in [6, 6.07) is 13.2. The SMILES string of the molecule is CC(C)(C)OC(=O)Nc1ccc(Cl)c(C(N[S@@](=O)C(C)(C)C)c2cc3cccc(-c4cc(S(=O)O)ccn4)c3s2)n1. The summed E-state index contributed by atoms with van der Waals surface area (Å²) in [5.74, 6) is 0.229. The first-order valence-electron chi connectivity index (χ1n) is 12.6. The quantitative estimate of drug-likeness (QED) is 0.185. The molecule has 4 aromatic rings. The van der Waals surface area contributed by atoms with Gasteiger partial charge >= 0.3 is 6.09 Å². The second-order valence-corrected chi connectivity index (χ2v) is 15.6. The first-order valence-corrected chi connectivity index (χ1v) is 16.0. The van der Waals surface area contributed by atoms with Crippen molar-refractivity contribution in [2.24, 2.45) is 0 Å². The Morgan fingerprint density at radius 2 is 1.80 bits per heavy atom. The van der Waals surface area contributed by atoms with Gasteiger partial charge in [0, 0.05) is 21.3 Å². The van der Waals surface area contributed by atoms with E-state index in [1.54, 1.807) is 39.0 Å². The summed E-state index contributed by atoms with van der Waals surface area (Å²) in [6.45, 7) is 10.9. The van der Waals surface area contributed by atoms with Gasteiger partial charge in [-0.3, -0.25) is 10.3 Å². The number of carbonyl (C=O) groups excluding carboxylic acids is 1. The zero-order chi connectivity index (χ0) is 30.1. The zero-order valence-corrected chi connectivity index (χ0v) is 26.6. The fourth-order valence-electron chi connectivity index (χ4n) is 3.76. The maximum absolute atomic E-state index is 13.3. The summed E-state index contributed by atoms with van der Waals surface area (Å²) in [5.41, 5.74) is 1.01. The molecule has 0 aliphatic rings. The Bertz CT molecular complexity index is 1650. The number of anilines is 1. The minimum absolute atomic E-state index is 0.229. The minimum atomic E-state index is -2.15. The number of nitrogens with one attached hydrogen (secondary N) is 2. The second kappa shape index (κ2) is 12.2. The van der Waals surface area contributed by atoms with Crippen molar-refractivity contribution in [3.63, 3.8) is 0 Å². The van der Waals surface area contributed by atoms with Crippen LogP contribution in [0.2, 0.25) is 5.02 Å². The molecule has 3 aromatic heterocycles. The lowest BCUT2D eigenvalue weighted by Crippen LogP contribution is -2.36. The van der Waals surface area contributed by atoms with Crippen molar-refractivity contribution >= 4 is 67.0 Å². The highest BCUT2D eigenvalue weighted by molar-refractivity contribution is 7.84. The molecule has 4 rings (SSSR count). The molecule has 0 radical (unpaired) electrons. The fraction of sp³-hybridized carbons (Fsp3) is 0.321. The van der Waals surface area contributed by atoms with Crippen LogP contribution >= 0.6 is 22.9 Å². The minimum Gasteiger partial charge on any atom is -0.444 e. The molecule has 41 heavy (non-hydrogen) atoms. The van der Waals surface area contributed by atoms with E-state index in [9.17, 15) is 17.8 Å². The van der Waals surface area contributed by atoms with Crippen molar-refractivity contribution < 1.29 is 22.5 Å². The number of amides is 1. The van der Waals surface area contributed by atoms with Crippen molar-refractivity contribution in [3.05, 3.63) is 70.3 Å². The molecule has 1 amide bonds. The molecule has 0 saturated heterocycles. The van der Waals surface area contributed by atoms with Gasteiger partial charge in [0.15, 0.2) is 11.1 Å². The molecule has 0 bridgehead atoms. The van der Waals surface area contributed by atoms with Crippen LogP contribution in [-0.2, 0) is 26.8 Å². The van der Waals surface area contributed by atoms with E-state index in [1.165, 1.54) is 23.6 Å². The van der Waals surface area contributed by atoms with Gasteiger partial charge in [-0.05, 0) is 77.3 Å². The third kappa shape index (κ3) is 7.76. The average molecular weight is 635 g/mol. The Morgan fingerprint density at radius 1 is 1.07 bits per heavy atom. The van der Waals surface area contributed by atoms with Crippen molar-refractivity contribution in [1.82, 2.24) is 14.7 Å². The maximum atomic E-state index is 13.3. The van der Waals surface area contributed by atoms with E-state index in [1.807, 2.05) is 45.0 Å². The van der Waals surface area contributed by atoms with Crippen molar-refractivity contribution in [3.8, 4) is 11.3 Å². The van der Waals surface area contributed by atoms with Crippen molar-refractivity contribution in [1.29, 1.82) is 0 Å². The number of thiophene rings is 1. The molecular formula is C28H31ClN4O5S3. The number of aromatic nitrogens is 2. The average Bonchev–Trinajstić information content (AvgIpc) is 3.31. The monoisotopic (exact) mass is 634 g/mol. The van der Waals surface area contributed by atoms with Gasteiger partial charge in [-0.15, -0.1) is 11.3 Å². The highest BCUT2D eigenvalue weighted by atomic mass is 35.5. The van der Waals surface area contributed by atoms with Crippen LogP contribution in [-0.4, -0.2) is 39.4 Å². The van der Waals surface area contributed by atoms with Crippen LogP contribution in [0.3, 0.4) is 0 Å². The molecule has 1 aromatic carbocycles. The molecule has 0 spiro atoms. The van der Waals surface area contributed by atoms with Crippen LogP contribution in [0.4, 0.5) is 10.6 Å². The first-order chi connectivity index (χ1) is 19.1. The summed E-state index contributed by atoms with van der Waals surface area (Å²) in [4.78, 5) is 22.5. The van der Waals surface area contributed by atoms with Gasteiger partial charge in [0.1, 0.15) is 11.4 Å². The third-order valence-corrected chi connectivity index (χ3v) is 9.40. The Labute approximate surface area is 253 Å². The summed E-state index contributed by atoms with van der Waals surface area (Å²) in [6.07, 6.45) is 0.835. The highest BCUT2D eigenvalue weighted by Gasteiger charge is 2.29. The first kappa shape index (κ1) is 31.2. The Kier molecular flexibility index (Phi) is 9.32. The molecule has 3 N–H and O–H groups in total. The van der Waals surface area contributed by atoms with Crippen LogP contribution in [0.25, 0.3) is 21.3 Å². The molecular weight excluding hydrogens is 604 g/mol. The van der Waals surface area contributed by atoms with E-state index in [0.29, 0.717) is 16.4 Å². The summed E-state index contributed by atoms with van der Waals surface area (Å²) in [7, 11) is -1.51. The smallest absolute Gasteiger partial charge is 0.413 e. The number of carbonyl (C=O) groups is 1. The molecule has 0 fully saturated rings. The standard InChI is InChI=1S/C28H31ClN4O5S3/c1-27(2,3)38-26(34)32-22-11-10-19(29)23(31-22)24(33-41(37)28(4,5)6)21-14-16-8-7-9-18(25(16)39-21)20-15-17(40(35)36)12-13-30-20/h7-15,24,33H,1-6H3,(H,35,36)(H,31,32,34)/t24?,41-/m0/s1. The van der Waals surface area contributed by atoms with Gasteiger partial charge in [0.05, 0.1) is 43.1 Å². The number of nitrogens with zero attached hydrogens (tertiary/aromatic N) is 2. The molecule has 13 heteroatoms. The number of hydrogen-bond acceptors (Lipinski definition) is 7. The number of halogens is 1. The van der Waals surface area contributed by atoms with Gasteiger partial charge in [-0.25, -0.2) is 22.9 Å². The number of pyridine rings is 2. The second-order valence-electron chi connectivity index (χ2n) is 11.1. The molecule has 3 heterocycles. The number of hydrogen-bond donors (Lipinski definition) is 3. The largest absolute Gasteiger partial charge is 0.444 e. The molecule has 0 saturated carbocycles. The summed E-state index contributed by atoms with van der Waals surface area (Å²) >= 11 is 5.94. The van der Waals surface area contributed by atoms with Crippen LogP contribution in [0.1, 0.15) is 58.2 Å². The van der Waals surface area contributed by atoms with Gasteiger partial charge < -0.3 is 9.29 Å². The zero-order valence-electron chi connectivity index (χ0n) is 23.4. The number of benzene rings is 1. The molecule has 9 nitrogen and oxygen atoms in total. The molecule has 0 aliphatic carbocycles. The number of ether oxygens (including phenoxy) is 1. The van der Waals surface area contributed by atoms with E-state index < -0.39 is 44.5 Å². The van der Waals surface area contributed by atoms with E-state index in [2.05, 4.69) is 20.0 Å². The Morgan fingerprint density at radius 3 is 2.46 bits per heavy atom. The molecule has 2 unspecified atom stereocenters. The van der Waals surface area contributed by atoms with E-state index in [-0.39, 0.29) is 10.7 Å². The molecule has 3 atom stereocenters. The van der Waals surface area contributed by atoms with Gasteiger partial charge in [-0.1, -0.05) is 29.8 Å². The predicted molar refractivity (Wildman–Crippen MR) is 166 cm³/mol. The normalized spacial score (nSPS) is 14.4. The maximum Gasteiger partial charge on any atom is 0.413 e. The van der Waals surface area contributed by atoms with Crippen molar-refractivity contribution in [2.45, 2.75) is 62.8 Å². The topological polar surface area (TPSA) is 131 Å². The number of rotatable bonds is 7. The van der Waals surface area contributed by atoms with Gasteiger partial charge in [-0.2, -0.15) is 0 Å². The fourth-order valence-corrected chi connectivity index (χ4v) is 6.49. The predicted octanol–water partition coefficient (Wildman–Crippen LogP) is 7.08. The molecule has 218 valence electrons. The third-order valence-electron chi connectivity index (χ3n) is 5.61. The van der Waals surface area contributed by atoms with Crippen LogP contribution < -0.4 is 10.0 Å². The van der Waals surface area contributed by atoms with Crippen LogP contribution in [0.5, 0.6) is 0 Å². The van der Waals surface area contributed by atoms with Crippen LogP contribution in [0, 0.1) is 0 Å². The highest BCUT2D eigenvalue weighted by Crippen LogP contribution is 2.40. The Balaban J connectivity index is 1.82. The number of fused-ring (bicyclic) bond motifs is 1.